The van der Waals surface area contributed by atoms with E-state index >= 15 is 0 Å². The molecule has 5 nitrogen and oxygen atoms in total. The molecule has 0 spiro atoms. The number of nitrogens with zero attached hydrogens (tertiary/aromatic N) is 2. The molecular weight excluding hydrogens is 486 g/mol. The van der Waals surface area contributed by atoms with Crippen LogP contribution in [0.2, 0.25) is 0 Å². The standard InChI is InChI=1S/C25H24BrN3O2S/c1-16-5-4-6-19(9-16)12-29-13-21(26)24(28-29)27-25(30)23-11-20(15-32-23)14-31-22-10-17(2)7-8-18(22)3/h4-11,13,15H,12,14H2,1-3H3,(H,27,28,30). The minimum Gasteiger partial charge on any atom is -0.489 e. The number of amides is 1. The number of benzene rings is 2. The van der Waals surface area contributed by atoms with Crippen molar-refractivity contribution in [2.45, 2.75) is 33.9 Å². The van der Waals surface area contributed by atoms with Crippen LogP contribution >= 0.6 is 27.3 Å². The van der Waals surface area contributed by atoms with Gasteiger partial charge in [-0.3, -0.25) is 9.48 Å². The zero-order chi connectivity index (χ0) is 22.7. The minimum absolute atomic E-state index is 0.186. The Morgan fingerprint density at radius 1 is 1.09 bits per heavy atom. The van der Waals surface area contributed by atoms with Gasteiger partial charge in [-0.1, -0.05) is 42.0 Å². The number of thiophene rings is 1. The van der Waals surface area contributed by atoms with Gasteiger partial charge < -0.3 is 10.1 Å². The number of ether oxygens (including phenoxy) is 1. The molecular formula is C25H24BrN3O2S. The summed E-state index contributed by atoms with van der Waals surface area (Å²) in [6.45, 7) is 7.19. The Hall–Kier alpha value is -2.90. The molecule has 1 amide bonds. The topological polar surface area (TPSA) is 56.2 Å². The SMILES string of the molecule is Cc1cccc(Cn2cc(Br)c(NC(=O)c3cc(COc4cc(C)ccc4C)cs3)n2)c1. The predicted molar refractivity (Wildman–Crippen MR) is 133 cm³/mol. The highest BCUT2D eigenvalue weighted by atomic mass is 79.9. The molecule has 7 heteroatoms. The lowest BCUT2D eigenvalue weighted by atomic mass is 10.1. The van der Waals surface area contributed by atoms with Crippen LogP contribution in [-0.2, 0) is 13.2 Å². The third-order valence-electron chi connectivity index (χ3n) is 4.99. The van der Waals surface area contributed by atoms with Crippen molar-refractivity contribution < 1.29 is 9.53 Å². The van der Waals surface area contributed by atoms with E-state index in [1.54, 1.807) is 0 Å². The number of aryl methyl sites for hydroxylation is 3. The molecule has 0 bridgehead atoms. The summed E-state index contributed by atoms with van der Waals surface area (Å²) in [5.41, 5.74) is 5.57. The van der Waals surface area contributed by atoms with Crippen molar-refractivity contribution in [3.8, 4) is 5.75 Å². The first kappa shape index (κ1) is 22.3. The fraction of sp³-hybridized carbons (Fsp3) is 0.200. The molecule has 0 aliphatic heterocycles. The summed E-state index contributed by atoms with van der Waals surface area (Å²) in [6.07, 6.45) is 1.87. The van der Waals surface area contributed by atoms with Crippen molar-refractivity contribution in [1.29, 1.82) is 0 Å². The van der Waals surface area contributed by atoms with Crippen LogP contribution < -0.4 is 10.1 Å². The van der Waals surface area contributed by atoms with Gasteiger partial charge in [0.15, 0.2) is 5.82 Å². The maximum absolute atomic E-state index is 12.8. The van der Waals surface area contributed by atoms with Crippen molar-refractivity contribution in [3.63, 3.8) is 0 Å². The highest BCUT2D eigenvalue weighted by Gasteiger charge is 2.15. The van der Waals surface area contributed by atoms with E-state index in [2.05, 4.69) is 57.5 Å². The molecule has 164 valence electrons. The van der Waals surface area contributed by atoms with Gasteiger partial charge in [0.2, 0.25) is 0 Å². The monoisotopic (exact) mass is 509 g/mol. The van der Waals surface area contributed by atoms with Crippen molar-refractivity contribution in [2.24, 2.45) is 0 Å². The van der Waals surface area contributed by atoms with Crippen LogP contribution in [0.1, 0.15) is 37.5 Å². The van der Waals surface area contributed by atoms with E-state index in [4.69, 9.17) is 4.74 Å². The Labute approximate surface area is 200 Å². The summed E-state index contributed by atoms with van der Waals surface area (Å²) in [5.74, 6) is 1.18. The summed E-state index contributed by atoms with van der Waals surface area (Å²) in [5, 5.41) is 9.37. The Morgan fingerprint density at radius 3 is 2.72 bits per heavy atom. The zero-order valence-electron chi connectivity index (χ0n) is 18.2. The maximum Gasteiger partial charge on any atom is 0.266 e. The largest absolute Gasteiger partial charge is 0.489 e. The predicted octanol–water partition coefficient (Wildman–Crippen LogP) is 6.51. The minimum atomic E-state index is -0.186. The van der Waals surface area contributed by atoms with Gasteiger partial charge in [0.25, 0.3) is 5.91 Å². The second-order valence-electron chi connectivity index (χ2n) is 7.84. The van der Waals surface area contributed by atoms with E-state index in [1.165, 1.54) is 16.9 Å². The quantitative estimate of drug-likeness (QED) is 0.308. The number of halogens is 1. The van der Waals surface area contributed by atoms with Crippen molar-refractivity contribution >= 4 is 39.0 Å². The molecule has 32 heavy (non-hydrogen) atoms. The molecule has 0 atom stereocenters. The molecule has 4 aromatic rings. The highest BCUT2D eigenvalue weighted by Crippen LogP contribution is 2.25. The van der Waals surface area contributed by atoms with Crippen LogP contribution in [0.5, 0.6) is 5.75 Å². The molecule has 2 aromatic heterocycles. The number of anilines is 1. The van der Waals surface area contributed by atoms with Crippen LogP contribution in [-0.4, -0.2) is 15.7 Å². The molecule has 0 unspecified atom stereocenters. The fourth-order valence-electron chi connectivity index (χ4n) is 3.32. The van der Waals surface area contributed by atoms with E-state index in [-0.39, 0.29) is 5.91 Å². The first-order valence-electron chi connectivity index (χ1n) is 10.2. The summed E-state index contributed by atoms with van der Waals surface area (Å²) < 4.78 is 8.51. The molecule has 0 aliphatic rings. The lowest BCUT2D eigenvalue weighted by Gasteiger charge is -2.08. The second-order valence-corrected chi connectivity index (χ2v) is 9.61. The van der Waals surface area contributed by atoms with Gasteiger partial charge in [0, 0.05) is 11.8 Å². The fourth-order valence-corrected chi connectivity index (χ4v) is 4.53. The van der Waals surface area contributed by atoms with Gasteiger partial charge in [-0.15, -0.1) is 11.3 Å². The molecule has 1 N–H and O–H groups in total. The van der Waals surface area contributed by atoms with Gasteiger partial charge >= 0.3 is 0 Å². The molecule has 2 heterocycles. The number of carbonyl (C=O) groups is 1. The third-order valence-corrected chi connectivity index (χ3v) is 6.55. The molecule has 4 rings (SSSR count). The first-order chi connectivity index (χ1) is 15.4. The Morgan fingerprint density at radius 2 is 1.91 bits per heavy atom. The van der Waals surface area contributed by atoms with Crippen LogP contribution in [0.25, 0.3) is 0 Å². The van der Waals surface area contributed by atoms with E-state index in [9.17, 15) is 4.79 Å². The van der Waals surface area contributed by atoms with E-state index in [0.717, 1.165) is 32.5 Å². The number of rotatable bonds is 7. The van der Waals surface area contributed by atoms with Gasteiger partial charge in [-0.25, -0.2) is 0 Å². The average Bonchev–Trinajstić information content (AvgIpc) is 3.35. The lowest BCUT2D eigenvalue weighted by Crippen LogP contribution is -2.12. The van der Waals surface area contributed by atoms with Gasteiger partial charge in [-0.05, 0) is 70.9 Å². The Balaban J connectivity index is 1.39. The summed E-state index contributed by atoms with van der Waals surface area (Å²) in [6, 6.07) is 16.3. The molecule has 0 fully saturated rings. The first-order valence-corrected chi connectivity index (χ1v) is 11.9. The van der Waals surface area contributed by atoms with E-state index in [1.807, 2.05) is 54.4 Å². The average molecular weight is 510 g/mol. The summed E-state index contributed by atoms with van der Waals surface area (Å²) in [7, 11) is 0. The molecule has 0 aliphatic carbocycles. The van der Waals surface area contributed by atoms with Gasteiger partial charge in [0.1, 0.15) is 12.4 Å². The normalized spacial score (nSPS) is 10.9. The third kappa shape index (κ3) is 5.47. The molecule has 0 radical (unpaired) electrons. The number of nitrogens with one attached hydrogen (secondary N) is 1. The van der Waals surface area contributed by atoms with Crippen molar-refractivity contribution in [2.75, 3.05) is 5.32 Å². The summed E-state index contributed by atoms with van der Waals surface area (Å²) in [4.78, 5) is 13.4. The lowest BCUT2D eigenvalue weighted by molar-refractivity contribution is 0.103. The van der Waals surface area contributed by atoms with Crippen LogP contribution in [0.3, 0.4) is 0 Å². The highest BCUT2D eigenvalue weighted by molar-refractivity contribution is 9.10. The molecule has 0 saturated heterocycles. The summed E-state index contributed by atoms with van der Waals surface area (Å²) >= 11 is 4.89. The zero-order valence-corrected chi connectivity index (χ0v) is 20.6. The Bertz CT molecular complexity index is 1260. The van der Waals surface area contributed by atoms with Crippen molar-refractivity contribution in [3.05, 3.63) is 97.3 Å². The number of aromatic nitrogens is 2. The number of hydrogen-bond acceptors (Lipinski definition) is 4. The van der Waals surface area contributed by atoms with Gasteiger partial charge in [0.05, 0.1) is 15.9 Å². The molecule has 2 aromatic carbocycles. The van der Waals surface area contributed by atoms with E-state index in [0.29, 0.717) is 23.8 Å². The number of carbonyl (C=O) groups excluding carboxylic acids is 1. The Kier molecular flexibility index (Phi) is 6.77. The van der Waals surface area contributed by atoms with Crippen molar-refractivity contribution in [1.82, 2.24) is 9.78 Å². The smallest absolute Gasteiger partial charge is 0.266 e. The van der Waals surface area contributed by atoms with E-state index < -0.39 is 0 Å². The van der Waals surface area contributed by atoms with Crippen LogP contribution in [0, 0.1) is 20.8 Å². The van der Waals surface area contributed by atoms with Crippen LogP contribution in [0.4, 0.5) is 5.82 Å². The second kappa shape index (κ2) is 9.71. The molecule has 0 saturated carbocycles. The van der Waals surface area contributed by atoms with Gasteiger partial charge in [-0.2, -0.15) is 5.10 Å². The maximum atomic E-state index is 12.8. The number of hydrogen-bond donors (Lipinski definition) is 1. The van der Waals surface area contributed by atoms with Crippen LogP contribution in [0.15, 0.2) is 64.6 Å².